The van der Waals surface area contributed by atoms with Crippen LogP contribution in [0.15, 0.2) is 97.6 Å². The van der Waals surface area contributed by atoms with Crippen molar-refractivity contribution in [3.8, 4) is 11.1 Å². The second kappa shape index (κ2) is 8.18. The third-order valence-electron chi connectivity index (χ3n) is 5.14. The maximum absolute atomic E-state index is 2.25. The minimum atomic E-state index is 0.896. The summed E-state index contributed by atoms with van der Waals surface area (Å²) in [7, 11) is 0. The van der Waals surface area contributed by atoms with Gasteiger partial charge in [0.1, 0.15) is 0 Å². The number of hydrogen-bond donors (Lipinski definition) is 0. The lowest BCUT2D eigenvalue weighted by atomic mass is 9.99. The van der Waals surface area contributed by atoms with Crippen LogP contribution in [0.5, 0.6) is 0 Å². The van der Waals surface area contributed by atoms with Gasteiger partial charge in [0.25, 0.3) is 0 Å². The Morgan fingerprint density at radius 1 is 0.536 bits per heavy atom. The van der Waals surface area contributed by atoms with E-state index in [1.165, 1.54) is 33.4 Å². The first-order chi connectivity index (χ1) is 13.7. The number of rotatable bonds is 5. The molecule has 0 saturated heterocycles. The fourth-order valence-corrected chi connectivity index (χ4v) is 3.72. The third kappa shape index (κ3) is 4.17. The Morgan fingerprint density at radius 3 is 1.29 bits per heavy atom. The molecule has 0 aliphatic rings. The number of hydrogen-bond acceptors (Lipinski definition) is 0. The molecule has 0 spiro atoms. The maximum atomic E-state index is 2.25. The highest BCUT2D eigenvalue weighted by molar-refractivity contribution is 5.68. The molecule has 138 valence electrons. The van der Waals surface area contributed by atoms with Crippen molar-refractivity contribution in [1.29, 1.82) is 0 Å². The van der Waals surface area contributed by atoms with Gasteiger partial charge in [-0.1, -0.05) is 60.7 Å². The van der Waals surface area contributed by atoms with Gasteiger partial charge in [0, 0.05) is 34.4 Å². The molecular weight excluding hydrogens is 340 g/mol. The van der Waals surface area contributed by atoms with Crippen LogP contribution in [0.2, 0.25) is 0 Å². The first kappa shape index (κ1) is 18.1. The molecule has 28 heavy (non-hydrogen) atoms. The Balaban J connectivity index is 1.56. The van der Waals surface area contributed by atoms with Crippen LogP contribution < -0.4 is 9.13 Å². The largest absolute Gasteiger partial charge is 0.200 e. The van der Waals surface area contributed by atoms with Crippen LogP contribution in [0.25, 0.3) is 11.1 Å². The second-order valence-corrected chi connectivity index (χ2v) is 7.40. The molecule has 0 radical (unpaired) electrons. The summed E-state index contributed by atoms with van der Waals surface area (Å²) in [5, 5.41) is 0. The molecule has 0 saturated carbocycles. The molecule has 0 atom stereocenters. The van der Waals surface area contributed by atoms with Crippen LogP contribution in [0.1, 0.15) is 22.3 Å². The molecule has 0 fully saturated rings. The zero-order valence-electron chi connectivity index (χ0n) is 16.5. The molecule has 2 aromatic heterocycles. The van der Waals surface area contributed by atoms with E-state index in [2.05, 4.69) is 121 Å². The maximum Gasteiger partial charge on any atom is 0.173 e. The average Bonchev–Trinajstić information content (AvgIpc) is 2.71. The predicted molar refractivity (Wildman–Crippen MR) is 113 cm³/mol. The Kier molecular flexibility index (Phi) is 5.29. The molecule has 0 N–H and O–H groups in total. The Bertz CT molecular complexity index is 981. The lowest BCUT2D eigenvalue weighted by Gasteiger charge is -2.08. The fourth-order valence-electron chi connectivity index (χ4n) is 3.72. The summed E-state index contributed by atoms with van der Waals surface area (Å²) in [6.45, 7) is 6.18. The molecular formula is C26H26N2+2. The lowest BCUT2D eigenvalue weighted by Crippen LogP contribution is -2.34. The molecule has 0 amide bonds. The van der Waals surface area contributed by atoms with Gasteiger partial charge >= 0.3 is 0 Å². The van der Waals surface area contributed by atoms with E-state index in [1.54, 1.807) is 0 Å². The van der Waals surface area contributed by atoms with Crippen molar-refractivity contribution in [3.05, 3.63) is 120 Å². The van der Waals surface area contributed by atoms with Gasteiger partial charge < -0.3 is 0 Å². The minimum Gasteiger partial charge on any atom is -0.200 e. The quantitative estimate of drug-likeness (QED) is 0.455. The van der Waals surface area contributed by atoms with Gasteiger partial charge in [0.15, 0.2) is 37.9 Å². The number of nitrogens with zero attached hydrogens (tertiary/aromatic N) is 2. The highest BCUT2D eigenvalue weighted by Crippen LogP contribution is 2.24. The zero-order valence-corrected chi connectivity index (χ0v) is 16.5. The smallest absolute Gasteiger partial charge is 0.173 e. The van der Waals surface area contributed by atoms with Crippen LogP contribution in [0.4, 0.5) is 0 Å². The number of aryl methyl sites for hydroxylation is 2. The zero-order chi connectivity index (χ0) is 19.3. The van der Waals surface area contributed by atoms with Crippen molar-refractivity contribution in [2.75, 3.05) is 0 Å². The topological polar surface area (TPSA) is 7.76 Å². The van der Waals surface area contributed by atoms with E-state index in [-0.39, 0.29) is 0 Å². The summed E-state index contributed by atoms with van der Waals surface area (Å²) < 4.78 is 4.50. The molecule has 2 heteroatoms. The molecule has 0 unspecified atom stereocenters. The van der Waals surface area contributed by atoms with E-state index in [1.807, 2.05) is 0 Å². The van der Waals surface area contributed by atoms with Crippen molar-refractivity contribution in [1.82, 2.24) is 0 Å². The first-order valence-corrected chi connectivity index (χ1v) is 9.77. The summed E-state index contributed by atoms with van der Waals surface area (Å²) >= 11 is 0. The Labute approximate surface area is 167 Å². The standard InChI is InChI=1S/C26H26N2/c1-21-17-27(19-23-9-5-3-6-10-23)15-13-25(21)26-14-16-28(18-22(26)2)20-24-11-7-4-8-12-24/h3-18H,19-20H2,1-2H3/q+2. The fraction of sp³-hybridized carbons (Fsp3) is 0.154. The number of benzene rings is 2. The summed E-state index contributed by atoms with van der Waals surface area (Å²) in [6.07, 6.45) is 8.85. The van der Waals surface area contributed by atoms with Crippen molar-refractivity contribution in [3.63, 3.8) is 0 Å². The minimum absolute atomic E-state index is 0.896. The van der Waals surface area contributed by atoms with Gasteiger partial charge in [-0.25, -0.2) is 9.13 Å². The summed E-state index contributed by atoms with van der Waals surface area (Å²) in [6, 6.07) is 25.6. The lowest BCUT2D eigenvalue weighted by molar-refractivity contribution is -0.688. The molecule has 2 aromatic carbocycles. The highest BCUT2D eigenvalue weighted by atomic mass is 14.9. The van der Waals surface area contributed by atoms with E-state index in [9.17, 15) is 0 Å². The molecule has 2 heterocycles. The number of aromatic nitrogens is 2. The van der Waals surface area contributed by atoms with Gasteiger partial charge in [0.05, 0.1) is 0 Å². The van der Waals surface area contributed by atoms with E-state index < -0.39 is 0 Å². The van der Waals surface area contributed by atoms with Crippen molar-refractivity contribution >= 4 is 0 Å². The normalized spacial score (nSPS) is 10.8. The van der Waals surface area contributed by atoms with Crippen LogP contribution in [-0.4, -0.2) is 0 Å². The van der Waals surface area contributed by atoms with Gasteiger partial charge in [0.2, 0.25) is 0 Å². The van der Waals surface area contributed by atoms with E-state index in [4.69, 9.17) is 0 Å². The Morgan fingerprint density at radius 2 is 0.929 bits per heavy atom. The van der Waals surface area contributed by atoms with Crippen molar-refractivity contribution in [2.24, 2.45) is 0 Å². The Hall–Kier alpha value is -3.26. The summed E-state index contributed by atoms with van der Waals surface area (Å²) in [5.41, 5.74) is 7.82. The van der Waals surface area contributed by atoms with E-state index in [0.717, 1.165) is 13.1 Å². The van der Waals surface area contributed by atoms with Crippen LogP contribution in [-0.2, 0) is 13.1 Å². The van der Waals surface area contributed by atoms with Gasteiger partial charge in [-0.15, -0.1) is 0 Å². The number of pyridine rings is 2. The van der Waals surface area contributed by atoms with Gasteiger partial charge in [-0.3, -0.25) is 0 Å². The van der Waals surface area contributed by atoms with Gasteiger partial charge in [-0.05, 0) is 25.0 Å². The molecule has 0 bridgehead atoms. The molecule has 0 aliphatic carbocycles. The highest BCUT2D eigenvalue weighted by Gasteiger charge is 2.13. The summed E-state index contributed by atoms with van der Waals surface area (Å²) in [5.74, 6) is 0. The second-order valence-electron chi connectivity index (χ2n) is 7.40. The molecule has 2 nitrogen and oxygen atoms in total. The monoisotopic (exact) mass is 366 g/mol. The third-order valence-corrected chi connectivity index (χ3v) is 5.14. The van der Waals surface area contributed by atoms with E-state index >= 15 is 0 Å². The van der Waals surface area contributed by atoms with Crippen LogP contribution in [0, 0.1) is 13.8 Å². The van der Waals surface area contributed by atoms with Crippen LogP contribution in [0.3, 0.4) is 0 Å². The van der Waals surface area contributed by atoms with Gasteiger partial charge in [-0.2, -0.15) is 0 Å². The SMILES string of the molecule is Cc1c[n+](Cc2ccccc2)ccc1-c1cc[n+](Cc2ccccc2)cc1C. The predicted octanol–water partition coefficient (Wildman–Crippen LogP) is 4.64. The van der Waals surface area contributed by atoms with Crippen LogP contribution >= 0.6 is 0 Å². The molecule has 0 aliphatic heterocycles. The average molecular weight is 367 g/mol. The van der Waals surface area contributed by atoms with Crippen molar-refractivity contribution in [2.45, 2.75) is 26.9 Å². The molecule has 4 rings (SSSR count). The summed E-state index contributed by atoms with van der Waals surface area (Å²) in [4.78, 5) is 0. The molecule has 4 aromatic rings. The first-order valence-electron chi connectivity index (χ1n) is 9.77. The van der Waals surface area contributed by atoms with Crippen molar-refractivity contribution < 1.29 is 9.13 Å². The van der Waals surface area contributed by atoms with E-state index in [0.29, 0.717) is 0 Å².